The molecule has 0 saturated heterocycles. The summed E-state index contributed by atoms with van der Waals surface area (Å²) in [5.41, 5.74) is -0.879. The lowest BCUT2D eigenvalue weighted by molar-refractivity contribution is -0.137. The highest BCUT2D eigenvalue weighted by molar-refractivity contribution is 6.10. The average Bonchev–Trinajstić information content (AvgIpc) is 2.66. The van der Waals surface area contributed by atoms with Gasteiger partial charge in [0.2, 0.25) is 5.55 Å². The quantitative estimate of drug-likeness (QED) is 0.460. The summed E-state index contributed by atoms with van der Waals surface area (Å²) in [7, 11) is 0. The number of benzene rings is 3. The molecule has 0 aliphatic rings. The molecule has 4 nitrogen and oxygen atoms in total. The van der Waals surface area contributed by atoms with E-state index < -0.39 is 17.6 Å². The summed E-state index contributed by atoms with van der Waals surface area (Å²) in [4.78, 5) is 12.6. The van der Waals surface area contributed by atoms with Crippen LogP contribution in [0.25, 0.3) is 21.7 Å². The Morgan fingerprint density at radius 1 is 0.929 bits per heavy atom. The first-order valence-corrected chi connectivity index (χ1v) is 8.32. The molecule has 0 spiro atoms. The Kier molecular flexibility index (Phi) is 4.15. The van der Waals surface area contributed by atoms with E-state index >= 15 is 0 Å². The Morgan fingerprint density at radius 2 is 1.71 bits per heavy atom. The zero-order valence-electron chi connectivity index (χ0n) is 14.3. The second-order valence-corrected chi connectivity index (χ2v) is 6.22. The molecular weight excluding hydrogens is 369 g/mol. The van der Waals surface area contributed by atoms with Crippen molar-refractivity contribution in [1.82, 2.24) is 0 Å². The predicted molar refractivity (Wildman–Crippen MR) is 99.0 cm³/mol. The molecule has 0 fully saturated rings. The van der Waals surface area contributed by atoms with Gasteiger partial charge in [-0.2, -0.15) is 13.2 Å². The smallest absolute Gasteiger partial charge is 0.416 e. The van der Waals surface area contributed by atoms with E-state index in [2.05, 4.69) is 5.32 Å². The van der Waals surface area contributed by atoms with Crippen LogP contribution in [0.3, 0.4) is 0 Å². The van der Waals surface area contributed by atoms with E-state index in [1.807, 2.05) is 30.3 Å². The van der Waals surface area contributed by atoms with Crippen LogP contribution < -0.4 is 10.9 Å². The molecule has 0 bridgehead atoms. The van der Waals surface area contributed by atoms with Crippen molar-refractivity contribution in [3.8, 4) is 0 Å². The lowest BCUT2D eigenvalue weighted by Gasteiger charge is -2.10. The lowest BCUT2D eigenvalue weighted by Crippen LogP contribution is -2.21. The van der Waals surface area contributed by atoms with Gasteiger partial charge in [-0.15, -0.1) is 0 Å². The molecule has 2 N–H and O–H groups in total. The second-order valence-electron chi connectivity index (χ2n) is 6.22. The highest BCUT2D eigenvalue weighted by Crippen LogP contribution is 2.31. The molecule has 4 rings (SSSR count). The number of carbonyl (C=O) groups excluding carboxylic acids is 1. The van der Waals surface area contributed by atoms with Crippen molar-refractivity contribution < 1.29 is 22.4 Å². The van der Waals surface area contributed by atoms with Crippen molar-refractivity contribution in [3.05, 3.63) is 83.4 Å². The number of carbonyl (C=O) groups is 1. The normalized spacial score (nSPS) is 11.7. The number of nitrogens with one attached hydrogen (secondary N) is 2. The standard InChI is InChI=1S/C21H13F3N2O2/c22-21(23,24)13-5-3-6-14(10-13)26-20(27)17-11-16-15-7-2-1-4-12(15)8-9-18(16)28-19(17)25/h1-11,25H,(H,26,27). The van der Waals surface area contributed by atoms with Gasteiger partial charge in [-0.1, -0.05) is 36.4 Å². The first-order valence-electron chi connectivity index (χ1n) is 8.32. The van der Waals surface area contributed by atoms with Crippen molar-refractivity contribution >= 4 is 33.3 Å². The van der Waals surface area contributed by atoms with Gasteiger partial charge in [0.25, 0.3) is 5.91 Å². The molecule has 0 radical (unpaired) electrons. The molecule has 28 heavy (non-hydrogen) atoms. The molecule has 0 saturated carbocycles. The summed E-state index contributed by atoms with van der Waals surface area (Å²) in [6.45, 7) is 0. The van der Waals surface area contributed by atoms with Gasteiger partial charge in [0.15, 0.2) is 0 Å². The second kappa shape index (κ2) is 6.53. The number of hydrogen-bond donors (Lipinski definition) is 2. The van der Waals surface area contributed by atoms with Crippen molar-refractivity contribution in [2.45, 2.75) is 6.18 Å². The lowest BCUT2D eigenvalue weighted by atomic mass is 10.0. The van der Waals surface area contributed by atoms with E-state index in [0.717, 1.165) is 22.9 Å². The van der Waals surface area contributed by atoms with Gasteiger partial charge < -0.3 is 9.73 Å². The van der Waals surface area contributed by atoms with Crippen LogP contribution in [0.5, 0.6) is 0 Å². The van der Waals surface area contributed by atoms with Crippen molar-refractivity contribution in [3.63, 3.8) is 0 Å². The predicted octanol–water partition coefficient (Wildman–Crippen LogP) is 5.34. The third kappa shape index (κ3) is 3.22. The highest BCUT2D eigenvalue weighted by Gasteiger charge is 2.30. The van der Waals surface area contributed by atoms with Gasteiger partial charge in [0.1, 0.15) is 11.1 Å². The molecule has 4 aromatic rings. The number of anilines is 1. The number of amides is 1. The van der Waals surface area contributed by atoms with E-state index in [4.69, 9.17) is 9.83 Å². The van der Waals surface area contributed by atoms with Gasteiger partial charge in [-0.3, -0.25) is 10.2 Å². The number of alkyl halides is 3. The summed E-state index contributed by atoms with van der Waals surface area (Å²) in [5.74, 6) is -0.720. The van der Waals surface area contributed by atoms with Gasteiger partial charge in [-0.05, 0) is 41.1 Å². The molecule has 7 heteroatoms. The molecule has 1 amide bonds. The van der Waals surface area contributed by atoms with Crippen LogP contribution in [0.15, 0.2) is 71.1 Å². The van der Waals surface area contributed by atoms with Crippen LogP contribution >= 0.6 is 0 Å². The Bertz CT molecular complexity index is 1280. The number of fused-ring (bicyclic) bond motifs is 3. The molecule has 0 unspecified atom stereocenters. The van der Waals surface area contributed by atoms with Crippen molar-refractivity contribution in [2.24, 2.45) is 0 Å². The third-order valence-corrected chi connectivity index (χ3v) is 4.37. The molecule has 0 aliphatic heterocycles. The van der Waals surface area contributed by atoms with E-state index in [9.17, 15) is 18.0 Å². The molecular formula is C21H13F3N2O2. The van der Waals surface area contributed by atoms with E-state index in [0.29, 0.717) is 11.0 Å². The fourth-order valence-corrected chi connectivity index (χ4v) is 3.03. The van der Waals surface area contributed by atoms with Crippen LogP contribution in [0.4, 0.5) is 18.9 Å². The SMILES string of the molecule is N=c1oc2ccc3ccccc3c2cc1C(=O)Nc1cccc(C(F)(F)F)c1. The highest BCUT2D eigenvalue weighted by atomic mass is 19.4. The maximum absolute atomic E-state index is 12.9. The summed E-state index contributed by atoms with van der Waals surface area (Å²) in [6, 6.07) is 16.9. The molecule has 140 valence electrons. The fourth-order valence-electron chi connectivity index (χ4n) is 3.03. The minimum Gasteiger partial charge on any atom is -0.438 e. The summed E-state index contributed by atoms with van der Waals surface area (Å²) < 4.78 is 44.0. The molecule has 0 atom stereocenters. The summed E-state index contributed by atoms with van der Waals surface area (Å²) in [5, 5.41) is 12.8. The maximum atomic E-state index is 12.9. The van der Waals surface area contributed by atoms with Crippen molar-refractivity contribution in [1.29, 1.82) is 5.41 Å². The first-order chi connectivity index (χ1) is 13.3. The molecule has 0 aliphatic carbocycles. The van der Waals surface area contributed by atoms with Crippen LogP contribution in [0, 0.1) is 5.41 Å². The maximum Gasteiger partial charge on any atom is 0.416 e. The van der Waals surface area contributed by atoms with Gasteiger partial charge in [-0.25, -0.2) is 0 Å². The third-order valence-electron chi connectivity index (χ3n) is 4.37. The Labute approximate surface area is 156 Å². The largest absolute Gasteiger partial charge is 0.438 e. The first kappa shape index (κ1) is 17.8. The Balaban J connectivity index is 1.76. The van der Waals surface area contributed by atoms with E-state index in [-0.39, 0.29) is 16.8 Å². The Morgan fingerprint density at radius 3 is 2.50 bits per heavy atom. The monoisotopic (exact) mass is 382 g/mol. The minimum absolute atomic E-state index is 0.0164. The van der Waals surface area contributed by atoms with Crippen LogP contribution in [0.2, 0.25) is 0 Å². The topological polar surface area (TPSA) is 66.1 Å². The molecule has 3 aromatic carbocycles. The molecule has 1 heterocycles. The van der Waals surface area contributed by atoms with Crippen LogP contribution in [-0.2, 0) is 6.18 Å². The summed E-state index contributed by atoms with van der Waals surface area (Å²) >= 11 is 0. The number of rotatable bonds is 2. The minimum atomic E-state index is -4.52. The fraction of sp³-hybridized carbons (Fsp3) is 0.0476. The van der Waals surface area contributed by atoms with E-state index in [1.54, 1.807) is 6.07 Å². The van der Waals surface area contributed by atoms with Gasteiger partial charge in [0.05, 0.1) is 5.56 Å². The molecule has 1 aromatic heterocycles. The van der Waals surface area contributed by atoms with Gasteiger partial charge in [0, 0.05) is 11.1 Å². The van der Waals surface area contributed by atoms with Crippen molar-refractivity contribution in [2.75, 3.05) is 5.32 Å². The summed E-state index contributed by atoms with van der Waals surface area (Å²) in [6.07, 6.45) is -4.52. The van der Waals surface area contributed by atoms with Gasteiger partial charge >= 0.3 is 6.18 Å². The zero-order valence-corrected chi connectivity index (χ0v) is 14.3. The van der Waals surface area contributed by atoms with E-state index in [1.165, 1.54) is 18.2 Å². The van der Waals surface area contributed by atoms with Crippen LogP contribution in [0.1, 0.15) is 15.9 Å². The number of halogens is 3. The average molecular weight is 382 g/mol. The number of hydrogen-bond acceptors (Lipinski definition) is 3. The Hall–Kier alpha value is -3.61. The van der Waals surface area contributed by atoms with Crippen LogP contribution in [-0.4, -0.2) is 5.91 Å². The zero-order chi connectivity index (χ0) is 19.9.